The smallest absolute Gasteiger partial charge is 0.119 e. The van der Waals surface area contributed by atoms with Crippen molar-refractivity contribution in [2.75, 3.05) is 27.2 Å². The van der Waals surface area contributed by atoms with E-state index in [4.69, 9.17) is 0 Å². The van der Waals surface area contributed by atoms with E-state index in [0.29, 0.717) is 17.8 Å². The van der Waals surface area contributed by atoms with Crippen LogP contribution >= 0.6 is 0 Å². The Kier molecular flexibility index (Phi) is 3.99. The second-order valence-corrected chi connectivity index (χ2v) is 6.55. The van der Waals surface area contributed by atoms with E-state index in [1.807, 2.05) is 12.1 Å². The summed E-state index contributed by atoms with van der Waals surface area (Å²) in [4.78, 5) is 4.99. The number of phenolic OH excluding ortho intramolecular Hbond substituents is 1. The fourth-order valence-corrected chi connectivity index (χ4v) is 4.03. The van der Waals surface area contributed by atoms with Crippen molar-refractivity contribution < 1.29 is 5.11 Å². The highest BCUT2D eigenvalue weighted by atomic mass is 16.3. The van der Waals surface area contributed by atoms with Crippen molar-refractivity contribution in [1.82, 2.24) is 9.80 Å². The molecule has 1 aromatic carbocycles. The highest BCUT2D eigenvalue weighted by Gasteiger charge is 2.34. The first-order valence-corrected chi connectivity index (χ1v) is 7.88. The SMILES string of the molecule is CN(C)CC1CCCN1C1CCCc2c(O)cccc21. The van der Waals surface area contributed by atoms with Crippen LogP contribution in [-0.2, 0) is 6.42 Å². The Labute approximate surface area is 122 Å². The molecule has 1 heterocycles. The van der Waals surface area contributed by atoms with E-state index < -0.39 is 0 Å². The van der Waals surface area contributed by atoms with Crippen LogP contribution in [-0.4, -0.2) is 48.1 Å². The van der Waals surface area contributed by atoms with Crippen LogP contribution in [0.3, 0.4) is 0 Å². The number of hydrogen-bond donors (Lipinski definition) is 1. The summed E-state index contributed by atoms with van der Waals surface area (Å²) in [6, 6.07) is 7.25. The van der Waals surface area contributed by atoms with E-state index in [0.717, 1.165) is 13.0 Å². The lowest BCUT2D eigenvalue weighted by molar-refractivity contribution is 0.138. The van der Waals surface area contributed by atoms with Crippen molar-refractivity contribution in [2.45, 2.75) is 44.2 Å². The van der Waals surface area contributed by atoms with Crippen LogP contribution < -0.4 is 0 Å². The summed E-state index contributed by atoms with van der Waals surface area (Å²) in [5.41, 5.74) is 2.57. The van der Waals surface area contributed by atoms with Gasteiger partial charge in [-0.1, -0.05) is 12.1 Å². The van der Waals surface area contributed by atoms with Gasteiger partial charge < -0.3 is 10.0 Å². The zero-order valence-corrected chi connectivity index (χ0v) is 12.7. The Morgan fingerprint density at radius 3 is 2.90 bits per heavy atom. The van der Waals surface area contributed by atoms with Gasteiger partial charge in [-0.25, -0.2) is 0 Å². The molecule has 2 unspecified atom stereocenters. The fourth-order valence-electron chi connectivity index (χ4n) is 4.03. The molecule has 1 aromatic rings. The molecule has 2 atom stereocenters. The van der Waals surface area contributed by atoms with E-state index in [1.165, 1.54) is 43.4 Å². The van der Waals surface area contributed by atoms with Crippen molar-refractivity contribution in [2.24, 2.45) is 0 Å². The van der Waals surface area contributed by atoms with Gasteiger partial charge in [0, 0.05) is 18.6 Å². The molecule has 0 aromatic heterocycles. The van der Waals surface area contributed by atoms with Gasteiger partial charge in [-0.15, -0.1) is 0 Å². The monoisotopic (exact) mass is 274 g/mol. The van der Waals surface area contributed by atoms with Crippen LogP contribution in [0.25, 0.3) is 0 Å². The van der Waals surface area contributed by atoms with Crippen molar-refractivity contribution >= 4 is 0 Å². The fraction of sp³-hybridized carbons (Fsp3) is 0.647. The van der Waals surface area contributed by atoms with E-state index in [2.05, 4.69) is 30.0 Å². The number of fused-ring (bicyclic) bond motifs is 1. The molecule has 0 spiro atoms. The van der Waals surface area contributed by atoms with Crippen LogP contribution in [0.4, 0.5) is 0 Å². The molecule has 0 saturated carbocycles. The second-order valence-electron chi connectivity index (χ2n) is 6.55. The van der Waals surface area contributed by atoms with Crippen LogP contribution in [0.1, 0.15) is 42.9 Å². The Bertz CT molecular complexity index is 472. The number of aromatic hydroxyl groups is 1. The zero-order chi connectivity index (χ0) is 14.1. The maximum absolute atomic E-state index is 10.1. The summed E-state index contributed by atoms with van der Waals surface area (Å²) in [6.45, 7) is 2.35. The number of rotatable bonds is 3. The molecule has 20 heavy (non-hydrogen) atoms. The highest BCUT2D eigenvalue weighted by molar-refractivity contribution is 5.42. The van der Waals surface area contributed by atoms with Crippen LogP contribution in [0.5, 0.6) is 5.75 Å². The molecule has 1 fully saturated rings. The minimum Gasteiger partial charge on any atom is -0.508 e. The molecule has 0 bridgehead atoms. The van der Waals surface area contributed by atoms with E-state index in [9.17, 15) is 5.11 Å². The summed E-state index contributed by atoms with van der Waals surface area (Å²) >= 11 is 0. The van der Waals surface area contributed by atoms with Gasteiger partial charge >= 0.3 is 0 Å². The first-order chi connectivity index (χ1) is 9.66. The molecule has 0 amide bonds. The molecule has 110 valence electrons. The second kappa shape index (κ2) is 5.74. The Morgan fingerprint density at radius 1 is 1.25 bits per heavy atom. The normalized spacial score (nSPS) is 26.9. The maximum Gasteiger partial charge on any atom is 0.119 e. The van der Waals surface area contributed by atoms with E-state index in [1.54, 1.807) is 0 Å². The van der Waals surface area contributed by atoms with Crippen molar-refractivity contribution in [3.63, 3.8) is 0 Å². The molecular formula is C17H26N2O. The van der Waals surface area contributed by atoms with Gasteiger partial charge in [-0.2, -0.15) is 0 Å². The third-order valence-electron chi connectivity index (χ3n) is 4.85. The summed E-state index contributed by atoms with van der Waals surface area (Å²) in [6.07, 6.45) is 6.08. The van der Waals surface area contributed by atoms with Gasteiger partial charge in [0.1, 0.15) is 5.75 Å². The maximum atomic E-state index is 10.1. The van der Waals surface area contributed by atoms with Crippen molar-refractivity contribution in [3.05, 3.63) is 29.3 Å². The predicted octanol–water partition coefficient (Wildman–Crippen LogP) is 2.80. The minimum atomic E-state index is 0.496. The molecule has 1 aliphatic carbocycles. The molecule has 3 heteroatoms. The lowest BCUT2D eigenvalue weighted by Gasteiger charge is -2.38. The van der Waals surface area contributed by atoms with Gasteiger partial charge in [-0.3, -0.25) is 4.90 Å². The third-order valence-corrected chi connectivity index (χ3v) is 4.85. The van der Waals surface area contributed by atoms with Gasteiger partial charge in [0.15, 0.2) is 0 Å². The van der Waals surface area contributed by atoms with Gasteiger partial charge in [0.05, 0.1) is 0 Å². The number of benzene rings is 1. The number of phenols is 1. The van der Waals surface area contributed by atoms with Gasteiger partial charge in [0.2, 0.25) is 0 Å². The molecule has 1 aliphatic heterocycles. The van der Waals surface area contributed by atoms with Crippen LogP contribution in [0.15, 0.2) is 18.2 Å². The molecule has 1 saturated heterocycles. The molecule has 0 radical (unpaired) electrons. The van der Waals surface area contributed by atoms with Crippen LogP contribution in [0, 0.1) is 0 Å². The zero-order valence-electron chi connectivity index (χ0n) is 12.7. The van der Waals surface area contributed by atoms with Crippen molar-refractivity contribution in [3.8, 4) is 5.75 Å². The summed E-state index contributed by atoms with van der Waals surface area (Å²) in [5.74, 6) is 0.496. The van der Waals surface area contributed by atoms with Gasteiger partial charge in [0.25, 0.3) is 0 Å². The molecule has 1 N–H and O–H groups in total. The molecule has 3 rings (SSSR count). The molecular weight excluding hydrogens is 248 g/mol. The van der Waals surface area contributed by atoms with E-state index >= 15 is 0 Å². The number of nitrogens with zero attached hydrogens (tertiary/aromatic N) is 2. The number of likely N-dealkylation sites (tertiary alicyclic amines) is 1. The highest BCUT2D eigenvalue weighted by Crippen LogP contribution is 2.40. The first kappa shape index (κ1) is 13.9. The topological polar surface area (TPSA) is 26.7 Å². The molecule has 3 nitrogen and oxygen atoms in total. The summed E-state index contributed by atoms with van der Waals surface area (Å²) < 4.78 is 0. The number of hydrogen-bond acceptors (Lipinski definition) is 3. The Balaban J connectivity index is 1.86. The summed E-state index contributed by atoms with van der Waals surface area (Å²) in [7, 11) is 4.33. The van der Waals surface area contributed by atoms with Gasteiger partial charge in [-0.05, 0) is 69.9 Å². The number of likely N-dealkylation sites (N-methyl/N-ethyl adjacent to an activating group) is 1. The Hall–Kier alpha value is -1.06. The minimum absolute atomic E-state index is 0.496. The van der Waals surface area contributed by atoms with Crippen molar-refractivity contribution in [1.29, 1.82) is 0 Å². The third kappa shape index (κ3) is 2.57. The lowest BCUT2D eigenvalue weighted by atomic mass is 9.86. The lowest BCUT2D eigenvalue weighted by Crippen LogP contribution is -2.40. The van der Waals surface area contributed by atoms with Crippen LogP contribution in [0.2, 0.25) is 0 Å². The molecule has 2 aliphatic rings. The predicted molar refractivity (Wildman–Crippen MR) is 82.1 cm³/mol. The quantitative estimate of drug-likeness (QED) is 0.918. The Morgan fingerprint density at radius 2 is 2.10 bits per heavy atom. The largest absolute Gasteiger partial charge is 0.508 e. The average Bonchev–Trinajstić information content (AvgIpc) is 2.86. The average molecular weight is 274 g/mol. The first-order valence-electron chi connectivity index (χ1n) is 7.88. The standard InChI is InChI=1S/C17H26N2O/c1-18(2)12-13-6-5-11-19(13)16-9-3-8-15-14(16)7-4-10-17(15)20/h4,7,10,13,16,20H,3,5-6,8-9,11-12H2,1-2H3. The van der Waals surface area contributed by atoms with E-state index in [-0.39, 0.29) is 0 Å². The summed E-state index contributed by atoms with van der Waals surface area (Å²) in [5, 5.41) is 10.1.